The smallest absolute Gasteiger partial charge is 0.253 e. The molecule has 0 bridgehead atoms. The average Bonchev–Trinajstić information content (AvgIpc) is 2.47. The Morgan fingerprint density at radius 3 is 2.95 bits per heavy atom. The molecule has 1 aromatic carbocycles. The molecule has 1 aliphatic heterocycles. The summed E-state index contributed by atoms with van der Waals surface area (Å²) in [5, 5.41) is 0. The van der Waals surface area contributed by atoms with Gasteiger partial charge in [0.1, 0.15) is 5.75 Å². The first-order valence-electron chi connectivity index (χ1n) is 6.90. The average molecular weight is 342 g/mol. The third-order valence-corrected chi connectivity index (χ3v) is 4.09. The number of hydrogen-bond donors (Lipinski definition) is 0. The summed E-state index contributed by atoms with van der Waals surface area (Å²) in [6.07, 6.45) is 2.19. The van der Waals surface area contributed by atoms with Crippen molar-refractivity contribution in [3.63, 3.8) is 0 Å². The lowest BCUT2D eigenvalue weighted by atomic mass is 10.1. The minimum absolute atomic E-state index is 0.0535. The van der Waals surface area contributed by atoms with E-state index in [0.717, 1.165) is 29.6 Å². The summed E-state index contributed by atoms with van der Waals surface area (Å²) in [5.74, 6) is 0.783. The van der Waals surface area contributed by atoms with Gasteiger partial charge < -0.3 is 14.4 Å². The molecule has 20 heavy (non-hydrogen) atoms. The van der Waals surface area contributed by atoms with Crippen LogP contribution in [0.4, 0.5) is 0 Å². The van der Waals surface area contributed by atoms with Crippen molar-refractivity contribution in [2.45, 2.75) is 25.9 Å². The molecular weight excluding hydrogens is 322 g/mol. The lowest BCUT2D eigenvalue weighted by Crippen LogP contribution is -2.43. The molecule has 0 N–H and O–H groups in total. The molecule has 4 nitrogen and oxygen atoms in total. The van der Waals surface area contributed by atoms with E-state index in [1.165, 1.54) is 0 Å². The van der Waals surface area contributed by atoms with E-state index >= 15 is 0 Å². The van der Waals surface area contributed by atoms with Crippen LogP contribution >= 0.6 is 15.9 Å². The fraction of sp³-hybridized carbons (Fsp3) is 0.533. The number of halogens is 1. The van der Waals surface area contributed by atoms with E-state index in [2.05, 4.69) is 15.9 Å². The van der Waals surface area contributed by atoms with Gasteiger partial charge in [-0.05, 0) is 53.9 Å². The van der Waals surface area contributed by atoms with E-state index < -0.39 is 0 Å². The van der Waals surface area contributed by atoms with E-state index in [4.69, 9.17) is 9.47 Å². The quantitative estimate of drug-likeness (QED) is 0.844. The Morgan fingerprint density at radius 2 is 2.30 bits per heavy atom. The maximum Gasteiger partial charge on any atom is 0.253 e. The summed E-state index contributed by atoms with van der Waals surface area (Å²) in [4.78, 5) is 14.4. The van der Waals surface area contributed by atoms with Crippen molar-refractivity contribution in [2.24, 2.45) is 0 Å². The standard InChI is InChI=1S/C15H20BrNO3/c1-3-20-12-5-4-8-17(10-12)15(18)11-6-7-14(19-2)13(16)9-11/h6-7,9,12H,3-5,8,10H2,1-2H3. The molecule has 1 aliphatic rings. The van der Waals surface area contributed by atoms with Gasteiger partial charge in [0, 0.05) is 25.3 Å². The number of hydrogen-bond acceptors (Lipinski definition) is 3. The summed E-state index contributed by atoms with van der Waals surface area (Å²) in [7, 11) is 1.61. The van der Waals surface area contributed by atoms with Gasteiger partial charge in [-0.2, -0.15) is 0 Å². The van der Waals surface area contributed by atoms with Crippen LogP contribution in [0.3, 0.4) is 0 Å². The number of likely N-dealkylation sites (tertiary alicyclic amines) is 1. The lowest BCUT2D eigenvalue weighted by molar-refractivity contribution is 0.00724. The van der Waals surface area contributed by atoms with Gasteiger partial charge in [0.15, 0.2) is 0 Å². The van der Waals surface area contributed by atoms with Crippen LogP contribution in [-0.4, -0.2) is 43.7 Å². The van der Waals surface area contributed by atoms with Crippen LogP contribution in [0.5, 0.6) is 5.75 Å². The molecule has 1 heterocycles. The maximum atomic E-state index is 12.5. The monoisotopic (exact) mass is 341 g/mol. The van der Waals surface area contributed by atoms with Crippen molar-refractivity contribution >= 4 is 21.8 Å². The van der Waals surface area contributed by atoms with Crippen LogP contribution in [-0.2, 0) is 4.74 Å². The predicted molar refractivity (Wildman–Crippen MR) is 81.2 cm³/mol. The number of carbonyl (C=O) groups is 1. The van der Waals surface area contributed by atoms with Crippen molar-refractivity contribution in [3.05, 3.63) is 28.2 Å². The highest BCUT2D eigenvalue weighted by Gasteiger charge is 2.25. The van der Waals surface area contributed by atoms with Crippen molar-refractivity contribution in [3.8, 4) is 5.75 Å². The highest BCUT2D eigenvalue weighted by atomic mass is 79.9. The molecule has 1 amide bonds. The number of piperidine rings is 1. The summed E-state index contributed by atoms with van der Waals surface area (Å²) in [6, 6.07) is 5.42. The summed E-state index contributed by atoms with van der Waals surface area (Å²) >= 11 is 3.42. The van der Waals surface area contributed by atoms with Crippen LogP contribution in [0.25, 0.3) is 0 Å². The highest BCUT2D eigenvalue weighted by molar-refractivity contribution is 9.10. The SMILES string of the molecule is CCOC1CCCN(C(=O)c2ccc(OC)c(Br)c2)C1. The number of ether oxygens (including phenoxy) is 2. The zero-order chi connectivity index (χ0) is 14.5. The first kappa shape index (κ1) is 15.3. The zero-order valence-corrected chi connectivity index (χ0v) is 13.5. The number of rotatable bonds is 4. The summed E-state index contributed by atoms with van der Waals surface area (Å²) in [5.41, 5.74) is 0.676. The van der Waals surface area contributed by atoms with E-state index in [-0.39, 0.29) is 12.0 Å². The van der Waals surface area contributed by atoms with E-state index in [1.807, 2.05) is 17.9 Å². The third kappa shape index (κ3) is 3.52. The van der Waals surface area contributed by atoms with Crippen molar-refractivity contribution in [1.29, 1.82) is 0 Å². The van der Waals surface area contributed by atoms with Gasteiger partial charge in [-0.15, -0.1) is 0 Å². The third-order valence-electron chi connectivity index (χ3n) is 3.47. The fourth-order valence-electron chi connectivity index (χ4n) is 2.48. The minimum atomic E-state index is 0.0535. The number of nitrogens with zero attached hydrogens (tertiary/aromatic N) is 1. The Morgan fingerprint density at radius 1 is 1.50 bits per heavy atom. The van der Waals surface area contributed by atoms with Crippen molar-refractivity contribution in [2.75, 3.05) is 26.8 Å². The number of amides is 1. The van der Waals surface area contributed by atoms with Gasteiger partial charge >= 0.3 is 0 Å². The fourth-order valence-corrected chi connectivity index (χ4v) is 3.02. The molecule has 1 fully saturated rings. The summed E-state index contributed by atoms with van der Waals surface area (Å²) < 4.78 is 11.6. The second kappa shape index (κ2) is 7.09. The number of carbonyl (C=O) groups excluding carboxylic acids is 1. The second-order valence-electron chi connectivity index (χ2n) is 4.82. The molecule has 0 aromatic heterocycles. The van der Waals surface area contributed by atoms with Crippen LogP contribution in [0, 0.1) is 0 Å². The van der Waals surface area contributed by atoms with Gasteiger partial charge in [0.25, 0.3) is 5.91 Å². The molecule has 0 radical (unpaired) electrons. The molecule has 1 saturated heterocycles. The molecule has 5 heteroatoms. The summed E-state index contributed by atoms with van der Waals surface area (Å²) in [6.45, 7) is 4.16. The largest absolute Gasteiger partial charge is 0.496 e. The van der Waals surface area contributed by atoms with Crippen molar-refractivity contribution < 1.29 is 14.3 Å². The Hall–Kier alpha value is -1.07. The normalized spacial score (nSPS) is 18.9. The Labute approximate surface area is 128 Å². The molecule has 1 atom stereocenters. The van der Waals surface area contributed by atoms with Crippen molar-refractivity contribution in [1.82, 2.24) is 4.90 Å². The molecule has 1 unspecified atom stereocenters. The number of benzene rings is 1. The first-order valence-corrected chi connectivity index (χ1v) is 7.69. The second-order valence-corrected chi connectivity index (χ2v) is 5.67. The molecule has 0 spiro atoms. The predicted octanol–water partition coefficient (Wildman–Crippen LogP) is 3.10. The molecule has 0 aliphatic carbocycles. The Kier molecular flexibility index (Phi) is 5.43. The molecular formula is C15H20BrNO3. The van der Waals surface area contributed by atoms with E-state index in [0.29, 0.717) is 18.7 Å². The number of methoxy groups -OCH3 is 1. The lowest BCUT2D eigenvalue weighted by Gasteiger charge is -2.32. The van der Waals surface area contributed by atoms with Gasteiger partial charge in [0.2, 0.25) is 0 Å². The van der Waals surface area contributed by atoms with Gasteiger partial charge in [-0.1, -0.05) is 0 Å². The highest BCUT2D eigenvalue weighted by Crippen LogP contribution is 2.26. The van der Waals surface area contributed by atoms with E-state index in [1.54, 1.807) is 19.2 Å². The zero-order valence-electron chi connectivity index (χ0n) is 11.9. The maximum absolute atomic E-state index is 12.5. The molecule has 110 valence electrons. The Balaban J connectivity index is 2.08. The van der Waals surface area contributed by atoms with Crippen LogP contribution in [0.2, 0.25) is 0 Å². The Bertz CT molecular complexity index is 476. The molecule has 1 aromatic rings. The van der Waals surface area contributed by atoms with Crippen LogP contribution in [0.1, 0.15) is 30.1 Å². The van der Waals surface area contributed by atoms with Crippen LogP contribution < -0.4 is 4.74 Å². The molecule has 0 saturated carbocycles. The van der Waals surface area contributed by atoms with Gasteiger partial charge in [0.05, 0.1) is 17.7 Å². The topological polar surface area (TPSA) is 38.8 Å². The van der Waals surface area contributed by atoms with Gasteiger partial charge in [-0.25, -0.2) is 0 Å². The van der Waals surface area contributed by atoms with Gasteiger partial charge in [-0.3, -0.25) is 4.79 Å². The van der Waals surface area contributed by atoms with E-state index in [9.17, 15) is 4.79 Å². The minimum Gasteiger partial charge on any atom is -0.496 e. The molecule has 2 rings (SSSR count). The van der Waals surface area contributed by atoms with Crippen LogP contribution in [0.15, 0.2) is 22.7 Å². The first-order chi connectivity index (χ1) is 9.65.